The summed E-state index contributed by atoms with van der Waals surface area (Å²) < 4.78 is 95.4. The third-order valence-corrected chi connectivity index (χ3v) is 5.26. The molecule has 0 atom stereocenters. The van der Waals surface area contributed by atoms with E-state index in [1.165, 1.54) is 12.1 Å². The van der Waals surface area contributed by atoms with Gasteiger partial charge in [-0.2, -0.15) is 30.7 Å². The maximum absolute atomic E-state index is 14.6. The lowest BCUT2D eigenvalue weighted by Crippen LogP contribution is -2.49. The van der Waals surface area contributed by atoms with Crippen molar-refractivity contribution in [3.63, 3.8) is 0 Å². The van der Waals surface area contributed by atoms with Crippen molar-refractivity contribution in [2.45, 2.75) is 18.0 Å². The molecule has 2 aliphatic heterocycles. The van der Waals surface area contributed by atoms with Gasteiger partial charge < -0.3 is 9.97 Å². The minimum absolute atomic E-state index is 0.0891. The van der Waals surface area contributed by atoms with Gasteiger partial charge in [-0.1, -0.05) is 0 Å². The molecule has 0 aromatic carbocycles. The van der Waals surface area contributed by atoms with Gasteiger partial charge in [0.15, 0.2) is 0 Å². The highest BCUT2D eigenvalue weighted by Gasteiger charge is 2.73. The second kappa shape index (κ2) is 7.31. The molecule has 0 unspecified atom stereocenters. The second-order valence-electron chi connectivity index (χ2n) is 7.73. The summed E-state index contributed by atoms with van der Waals surface area (Å²) in [5.74, 6) is -11.9. The summed E-state index contributed by atoms with van der Waals surface area (Å²) in [6.45, 7) is 0. The Labute approximate surface area is 186 Å². The van der Waals surface area contributed by atoms with Crippen molar-refractivity contribution in [2.75, 3.05) is 0 Å². The van der Waals surface area contributed by atoms with Crippen molar-refractivity contribution in [1.82, 2.24) is 19.9 Å². The van der Waals surface area contributed by atoms with E-state index in [2.05, 4.69) is 19.9 Å². The molecule has 0 saturated carbocycles. The molecule has 34 heavy (non-hydrogen) atoms. The van der Waals surface area contributed by atoms with Gasteiger partial charge in [0.1, 0.15) is 0 Å². The van der Waals surface area contributed by atoms with Crippen LogP contribution in [-0.2, 0) is 5.92 Å². The molecular weight excluding hydrogens is 465 g/mol. The number of hydrogen-bond acceptors (Lipinski definition) is 2. The van der Waals surface area contributed by atoms with Crippen molar-refractivity contribution in [2.24, 2.45) is 0 Å². The Hall–Kier alpha value is -3.89. The van der Waals surface area contributed by atoms with Crippen LogP contribution in [0.3, 0.4) is 0 Å². The number of aromatic nitrogens is 4. The highest BCUT2D eigenvalue weighted by atomic mass is 19.4. The molecule has 2 aliphatic rings. The molecule has 3 aromatic heterocycles. The number of hydrogen-bond donors (Lipinski definition) is 2. The molecule has 0 radical (unpaired) electrons. The van der Waals surface area contributed by atoms with Crippen LogP contribution in [0.4, 0.5) is 30.7 Å². The summed E-state index contributed by atoms with van der Waals surface area (Å²) >= 11 is 0. The van der Waals surface area contributed by atoms with Crippen LogP contribution in [0.5, 0.6) is 0 Å². The first-order valence-corrected chi connectivity index (χ1v) is 9.84. The molecule has 2 N–H and O–H groups in total. The maximum Gasteiger partial charge on any atom is 0.460 e. The standard InChI is InChI=1S/C23H13F7N4/c24-21(25,22(26,27)23(28,29)30)19-10-18-9-16-4-3-14(32-16)7-12-1-2-13(31-12)8-15-5-6-17(33-15)11-20(19)34-18/h1-11,31,34H. The first-order valence-electron chi connectivity index (χ1n) is 9.84. The van der Waals surface area contributed by atoms with E-state index < -0.39 is 29.1 Å². The number of nitrogens with one attached hydrogen (secondary N) is 2. The molecule has 0 amide bonds. The SMILES string of the molecule is FC(F)(F)C(F)(F)C(F)(F)c1cc2cc3nc(cc4ccc(cc5nc(cc1[nH]2)C=C5)[nH]4)C=C3. The number of halogens is 7. The van der Waals surface area contributed by atoms with Gasteiger partial charge in [-0.3, -0.25) is 0 Å². The van der Waals surface area contributed by atoms with E-state index in [0.717, 1.165) is 11.6 Å². The fourth-order valence-corrected chi connectivity index (χ4v) is 3.62. The van der Waals surface area contributed by atoms with Crippen LogP contribution < -0.4 is 0 Å². The number of aromatic amines is 2. The van der Waals surface area contributed by atoms with Gasteiger partial charge in [-0.15, -0.1) is 0 Å². The van der Waals surface area contributed by atoms with Crippen LogP contribution in [0, 0.1) is 0 Å². The minimum atomic E-state index is -6.46. The zero-order valence-electron chi connectivity index (χ0n) is 16.9. The highest BCUT2D eigenvalue weighted by molar-refractivity contribution is 5.78. The average Bonchev–Trinajstić information content (AvgIpc) is 3.51. The second-order valence-corrected chi connectivity index (χ2v) is 7.73. The van der Waals surface area contributed by atoms with Gasteiger partial charge in [0.2, 0.25) is 0 Å². The van der Waals surface area contributed by atoms with Gasteiger partial charge in [-0.05, 0) is 66.8 Å². The van der Waals surface area contributed by atoms with Crippen LogP contribution >= 0.6 is 0 Å². The molecule has 0 saturated heterocycles. The summed E-state index contributed by atoms with van der Waals surface area (Å²) in [6, 6.07) is 9.82. The first-order chi connectivity index (χ1) is 15.9. The zero-order chi connectivity index (χ0) is 24.3. The van der Waals surface area contributed by atoms with Gasteiger partial charge in [-0.25, -0.2) is 9.97 Å². The Balaban J connectivity index is 1.83. The molecule has 5 heterocycles. The average molecular weight is 478 g/mol. The molecule has 4 nitrogen and oxygen atoms in total. The Morgan fingerprint density at radius 2 is 1.03 bits per heavy atom. The summed E-state index contributed by atoms with van der Waals surface area (Å²) in [7, 11) is 0. The largest absolute Gasteiger partial charge is 0.460 e. The van der Waals surface area contributed by atoms with Gasteiger partial charge >= 0.3 is 18.0 Å². The van der Waals surface area contributed by atoms with E-state index in [9.17, 15) is 30.7 Å². The quantitative estimate of drug-likeness (QED) is 0.270. The number of alkyl halides is 7. The minimum Gasteiger partial charge on any atom is -0.355 e. The van der Waals surface area contributed by atoms with Crippen LogP contribution in [-0.4, -0.2) is 32.0 Å². The fourth-order valence-electron chi connectivity index (χ4n) is 3.62. The fraction of sp³-hybridized carbons (Fsp3) is 0.130. The van der Waals surface area contributed by atoms with E-state index >= 15 is 0 Å². The Morgan fingerprint density at radius 1 is 0.559 bits per heavy atom. The van der Waals surface area contributed by atoms with Crippen molar-refractivity contribution < 1.29 is 30.7 Å². The zero-order valence-corrected chi connectivity index (χ0v) is 16.9. The number of fused-ring (bicyclic) bond motifs is 8. The summed E-state index contributed by atoms with van der Waals surface area (Å²) in [6.07, 6.45) is -0.286. The smallest absolute Gasteiger partial charge is 0.355 e. The predicted molar refractivity (Wildman–Crippen MR) is 114 cm³/mol. The molecule has 5 rings (SSSR count). The van der Waals surface area contributed by atoms with Gasteiger partial charge in [0, 0.05) is 16.6 Å². The third kappa shape index (κ3) is 3.66. The summed E-state index contributed by atoms with van der Waals surface area (Å²) in [5, 5.41) is 0. The summed E-state index contributed by atoms with van der Waals surface area (Å²) in [5.41, 5.74) is 0.474. The van der Waals surface area contributed by atoms with Gasteiger partial charge in [0.05, 0.1) is 33.9 Å². The van der Waals surface area contributed by atoms with E-state index in [1.807, 2.05) is 6.07 Å². The van der Waals surface area contributed by atoms with Gasteiger partial charge in [0.25, 0.3) is 0 Å². The van der Waals surface area contributed by atoms with Crippen LogP contribution in [0.25, 0.3) is 46.4 Å². The number of nitrogens with zero attached hydrogens (tertiary/aromatic N) is 2. The molecule has 3 aromatic rings. The van der Waals surface area contributed by atoms with E-state index in [-0.39, 0.29) is 16.9 Å². The topological polar surface area (TPSA) is 57.4 Å². The maximum atomic E-state index is 14.6. The summed E-state index contributed by atoms with van der Waals surface area (Å²) in [4.78, 5) is 14.2. The molecule has 0 fully saturated rings. The molecule has 0 aliphatic carbocycles. The van der Waals surface area contributed by atoms with Crippen molar-refractivity contribution in [1.29, 1.82) is 0 Å². The first kappa shape index (κ1) is 21.9. The molecule has 174 valence electrons. The highest BCUT2D eigenvalue weighted by Crippen LogP contribution is 2.52. The monoisotopic (exact) mass is 478 g/mol. The lowest BCUT2D eigenvalue weighted by molar-refractivity contribution is -0.359. The lowest BCUT2D eigenvalue weighted by atomic mass is 10.0. The molecular formula is C23H13F7N4. The molecule has 8 bridgehead atoms. The van der Waals surface area contributed by atoms with E-state index in [4.69, 9.17) is 0 Å². The van der Waals surface area contributed by atoms with Crippen molar-refractivity contribution in [3.8, 4) is 0 Å². The van der Waals surface area contributed by atoms with Crippen molar-refractivity contribution in [3.05, 3.63) is 70.8 Å². The Morgan fingerprint density at radius 3 is 1.53 bits per heavy atom. The Kier molecular flexibility index (Phi) is 4.71. The van der Waals surface area contributed by atoms with E-state index in [1.54, 1.807) is 36.4 Å². The molecule has 0 spiro atoms. The van der Waals surface area contributed by atoms with Crippen LogP contribution in [0.15, 0.2) is 42.5 Å². The molecule has 11 heteroatoms. The predicted octanol–water partition coefficient (Wildman–Crippen LogP) is 6.95. The number of rotatable bonds is 2. The van der Waals surface area contributed by atoms with E-state index in [0.29, 0.717) is 23.0 Å². The third-order valence-electron chi connectivity index (χ3n) is 5.26. The van der Waals surface area contributed by atoms with Crippen molar-refractivity contribution >= 4 is 46.4 Å². The lowest BCUT2D eigenvalue weighted by Gasteiger charge is -2.27. The Bertz CT molecular complexity index is 1510. The number of H-pyrrole nitrogens is 2. The van der Waals surface area contributed by atoms with Crippen LogP contribution in [0.1, 0.15) is 28.3 Å². The normalized spacial score (nSPS) is 14.1. The van der Waals surface area contributed by atoms with Crippen LogP contribution in [0.2, 0.25) is 0 Å².